The SMILES string of the molecule is CCC(C)N1CCN(c2ccc(C(N)=O)cn2)CC1. The van der Waals surface area contributed by atoms with Crippen LogP contribution >= 0.6 is 0 Å². The summed E-state index contributed by atoms with van der Waals surface area (Å²) in [6.07, 6.45) is 2.74. The summed E-state index contributed by atoms with van der Waals surface area (Å²) >= 11 is 0. The second-order valence-corrected chi connectivity index (χ2v) is 5.05. The number of anilines is 1. The van der Waals surface area contributed by atoms with Crippen LogP contribution in [0.15, 0.2) is 18.3 Å². The summed E-state index contributed by atoms with van der Waals surface area (Å²) in [6, 6.07) is 4.26. The van der Waals surface area contributed by atoms with E-state index in [2.05, 4.69) is 28.6 Å². The smallest absolute Gasteiger partial charge is 0.250 e. The van der Waals surface area contributed by atoms with Crippen LogP contribution in [0.4, 0.5) is 5.82 Å². The van der Waals surface area contributed by atoms with Gasteiger partial charge in [-0.2, -0.15) is 0 Å². The zero-order valence-electron chi connectivity index (χ0n) is 11.7. The van der Waals surface area contributed by atoms with Gasteiger partial charge in [0.15, 0.2) is 0 Å². The molecule has 1 amide bonds. The van der Waals surface area contributed by atoms with Crippen LogP contribution in [0.2, 0.25) is 0 Å². The lowest BCUT2D eigenvalue weighted by atomic mass is 10.2. The van der Waals surface area contributed by atoms with E-state index >= 15 is 0 Å². The van der Waals surface area contributed by atoms with Crippen molar-refractivity contribution >= 4 is 11.7 Å². The third-order valence-corrected chi connectivity index (χ3v) is 3.88. The number of nitrogens with zero attached hydrogens (tertiary/aromatic N) is 3. The first kappa shape index (κ1) is 13.8. The first-order chi connectivity index (χ1) is 9.11. The molecule has 1 aliphatic rings. The molecule has 0 spiro atoms. The van der Waals surface area contributed by atoms with Gasteiger partial charge in [-0.3, -0.25) is 9.69 Å². The van der Waals surface area contributed by atoms with Crippen LogP contribution < -0.4 is 10.6 Å². The number of primary amides is 1. The predicted octanol–water partition coefficient (Wildman–Crippen LogP) is 1.10. The normalized spacial score (nSPS) is 18.3. The lowest BCUT2D eigenvalue weighted by Gasteiger charge is -2.38. The predicted molar refractivity (Wildman–Crippen MR) is 76.3 cm³/mol. The van der Waals surface area contributed by atoms with Crippen molar-refractivity contribution in [1.29, 1.82) is 0 Å². The van der Waals surface area contributed by atoms with Gasteiger partial charge >= 0.3 is 0 Å². The van der Waals surface area contributed by atoms with E-state index in [1.165, 1.54) is 6.42 Å². The second kappa shape index (κ2) is 6.02. The van der Waals surface area contributed by atoms with Crippen LogP contribution in [-0.2, 0) is 0 Å². The van der Waals surface area contributed by atoms with E-state index in [-0.39, 0.29) is 0 Å². The Morgan fingerprint density at radius 3 is 2.53 bits per heavy atom. The van der Waals surface area contributed by atoms with Gasteiger partial charge in [0.05, 0.1) is 5.56 Å². The van der Waals surface area contributed by atoms with Crippen LogP contribution in [0, 0.1) is 0 Å². The number of amides is 1. The maximum atomic E-state index is 11.0. The third kappa shape index (κ3) is 3.23. The van der Waals surface area contributed by atoms with Crippen LogP contribution in [0.5, 0.6) is 0 Å². The van der Waals surface area contributed by atoms with Crippen molar-refractivity contribution in [2.24, 2.45) is 5.73 Å². The average molecular weight is 262 g/mol. The van der Waals surface area contributed by atoms with Crippen molar-refractivity contribution in [2.75, 3.05) is 31.1 Å². The summed E-state index contributed by atoms with van der Waals surface area (Å²) in [6.45, 7) is 8.58. The summed E-state index contributed by atoms with van der Waals surface area (Å²) in [4.78, 5) is 20.1. The maximum absolute atomic E-state index is 11.0. The number of piperazine rings is 1. The third-order valence-electron chi connectivity index (χ3n) is 3.88. The zero-order chi connectivity index (χ0) is 13.8. The molecule has 2 N–H and O–H groups in total. The summed E-state index contributed by atoms with van der Waals surface area (Å²) < 4.78 is 0. The summed E-state index contributed by atoms with van der Waals surface area (Å²) in [7, 11) is 0. The molecule has 5 heteroatoms. The van der Waals surface area contributed by atoms with Crippen molar-refractivity contribution in [3.63, 3.8) is 0 Å². The van der Waals surface area contributed by atoms with Gasteiger partial charge in [0.2, 0.25) is 5.91 Å². The Kier molecular flexibility index (Phi) is 4.37. The zero-order valence-corrected chi connectivity index (χ0v) is 11.7. The molecule has 2 rings (SSSR count). The van der Waals surface area contributed by atoms with Crippen molar-refractivity contribution < 1.29 is 4.79 Å². The molecule has 1 atom stereocenters. The van der Waals surface area contributed by atoms with E-state index in [4.69, 9.17) is 5.73 Å². The minimum atomic E-state index is -0.430. The summed E-state index contributed by atoms with van der Waals surface area (Å²) in [5.74, 6) is 0.495. The molecule has 19 heavy (non-hydrogen) atoms. The molecule has 0 radical (unpaired) electrons. The molecule has 1 unspecified atom stereocenters. The molecule has 0 bridgehead atoms. The van der Waals surface area contributed by atoms with Gasteiger partial charge in [-0.1, -0.05) is 6.92 Å². The standard InChI is InChI=1S/C14H22N4O/c1-3-11(2)17-6-8-18(9-7-17)13-5-4-12(10-16-13)14(15)19/h4-5,10-11H,3,6-9H2,1-2H3,(H2,15,19). The number of carbonyl (C=O) groups is 1. The lowest BCUT2D eigenvalue weighted by Crippen LogP contribution is -2.49. The van der Waals surface area contributed by atoms with Gasteiger partial charge in [0, 0.05) is 38.4 Å². The van der Waals surface area contributed by atoms with Gasteiger partial charge in [-0.15, -0.1) is 0 Å². The van der Waals surface area contributed by atoms with E-state index < -0.39 is 5.91 Å². The number of nitrogens with two attached hydrogens (primary N) is 1. The number of rotatable bonds is 4. The molecule has 1 aromatic heterocycles. The van der Waals surface area contributed by atoms with Crippen LogP contribution in [-0.4, -0.2) is 48.0 Å². The second-order valence-electron chi connectivity index (χ2n) is 5.05. The van der Waals surface area contributed by atoms with Crippen LogP contribution in [0.1, 0.15) is 30.6 Å². The highest BCUT2D eigenvalue weighted by molar-refractivity contribution is 5.92. The summed E-state index contributed by atoms with van der Waals surface area (Å²) in [5.41, 5.74) is 5.67. The fourth-order valence-corrected chi connectivity index (χ4v) is 2.37. The van der Waals surface area contributed by atoms with Gasteiger partial charge in [0.25, 0.3) is 0 Å². The monoisotopic (exact) mass is 262 g/mol. The Hall–Kier alpha value is -1.62. The highest BCUT2D eigenvalue weighted by Crippen LogP contribution is 2.15. The van der Waals surface area contributed by atoms with E-state index in [1.807, 2.05) is 6.07 Å². The van der Waals surface area contributed by atoms with E-state index in [1.54, 1.807) is 12.3 Å². The molecule has 1 fully saturated rings. The number of carbonyl (C=O) groups excluding carboxylic acids is 1. The largest absolute Gasteiger partial charge is 0.366 e. The average Bonchev–Trinajstić information content (AvgIpc) is 2.46. The molecule has 1 saturated heterocycles. The molecule has 2 heterocycles. The quantitative estimate of drug-likeness (QED) is 0.882. The molecular formula is C14H22N4O. The molecule has 0 saturated carbocycles. The molecule has 1 aromatic rings. The fourth-order valence-electron chi connectivity index (χ4n) is 2.37. The Morgan fingerprint density at radius 2 is 2.05 bits per heavy atom. The maximum Gasteiger partial charge on any atom is 0.250 e. The van der Waals surface area contributed by atoms with Crippen molar-refractivity contribution in [3.8, 4) is 0 Å². The molecule has 0 aliphatic carbocycles. The van der Waals surface area contributed by atoms with Gasteiger partial charge in [0.1, 0.15) is 5.82 Å². The van der Waals surface area contributed by atoms with Gasteiger partial charge < -0.3 is 10.6 Å². The Labute approximate surface area is 114 Å². The van der Waals surface area contributed by atoms with Crippen LogP contribution in [0.3, 0.4) is 0 Å². The molecule has 5 nitrogen and oxygen atoms in total. The van der Waals surface area contributed by atoms with Crippen LogP contribution in [0.25, 0.3) is 0 Å². The Morgan fingerprint density at radius 1 is 1.37 bits per heavy atom. The number of hydrogen-bond donors (Lipinski definition) is 1. The minimum absolute atomic E-state index is 0.430. The molecule has 1 aliphatic heterocycles. The van der Waals surface area contributed by atoms with E-state index in [9.17, 15) is 4.79 Å². The first-order valence-electron chi connectivity index (χ1n) is 6.86. The lowest BCUT2D eigenvalue weighted by molar-refractivity contribution is 0.1000. The molecule has 104 valence electrons. The van der Waals surface area contributed by atoms with Crippen molar-refractivity contribution in [2.45, 2.75) is 26.3 Å². The highest BCUT2D eigenvalue weighted by Gasteiger charge is 2.20. The Balaban J connectivity index is 1.96. The number of aromatic nitrogens is 1. The van der Waals surface area contributed by atoms with Crippen molar-refractivity contribution in [3.05, 3.63) is 23.9 Å². The number of hydrogen-bond acceptors (Lipinski definition) is 4. The summed E-state index contributed by atoms with van der Waals surface area (Å²) in [5, 5.41) is 0. The number of pyridine rings is 1. The van der Waals surface area contributed by atoms with Crippen molar-refractivity contribution in [1.82, 2.24) is 9.88 Å². The topological polar surface area (TPSA) is 62.5 Å². The highest BCUT2D eigenvalue weighted by atomic mass is 16.1. The van der Waals surface area contributed by atoms with Gasteiger partial charge in [-0.25, -0.2) is 4.98 Å². The molecule has 0 aromatic carbocycles. The Bertz CT molecular complexity index is 424. The molecular weight excluding hydrogens is 240 g/mol. The first-order valence-corrected chi connectivity index (χ1v) is 6.86. The fraction of sp³-hybridized carbons (Fsp3) is 0.571. The van der Waals surface area contributed by atoms with Gasteiger partial charge in [-0.05, 0) is 25.5 Å². The van der Waals surface area contributed by atoms with E-state index in [0.29, 0.717) is 11.6 Å². The van der Waals surface area contributed by atoms with E-state index in [0.717, 1.165) is 32.0 Å². The minimum Gasteiger partial charge on any atom is -0.366 e.